The van der Waals surface area contributed by atoms with E-state index in [1.807, 2.05) is 32.0 Å². The molecule has 1 atom stereocenters. The van der Waals surface area contributed by atoms with Gasteiger partial charge in [0.25, 0.3) is 0 Å². The van der Waals surface area contributed by atoms with Gasteiger partial charge in [0.15, 0.2) is 0 Å². The van der Waals surface area contributed by atoms with Crippen LogP contribution in [0.2, 0.25) is 0 Å². The Morgan fingerprint density at radius 3 is 2.50 bits per heavy atom. The molecule has 1 aromatic heterocycles. The molecule has 0 unspecified atom stereocenters. The number of hydrogen-bond acceptors (Lipinski definition) is 5. The van der Waals surface area contributed by atoms with E-state index >= 15 is 0 Å². The maximum absolute atomic E-state index is 11.6. The van der Waals surface area contributed by atoms with Gasteiger partial charge in [-0.3, -0.25) is 0 Å². The normalized spacial score (nSPS) is 20.6. The van der Waals surface area contributed by atoms with Crippen molar-refractivity contribution in [2.75, 3.05) is 31.8 Å². The Morgan fingerprint density at radius 1 is 1.39 bits per heavy atom. The second-order valence-corrected chi connectivity index (χ2v) is 6.71. The largest absolute Gasteiger partial charge is 0.363 e. The number of nitrogens with zero attached hydrogens (tertiary/aromatic N) is 4. The molecule has 2 heterocycles. The van der Waals surface area contributed by atoms with Gasteiger partial charge in [-0.15, -0.1) is 0 Å². The Labute approximate surface area is 108 Å². The van der Waals surface area contributed by atoms with Crippen LogP contribution in [0.3, 0.4) is 0 Å². The van der Waals surface area contributed by atoms with Gasteiger partial charge in [-0.05, 0) is 13.3 Å². The number of aromatic nitrogens is 2. The average molecular weight is 270 g/mol. The quantitative estimate of drug-likeness (QED) is 0.803. The van der Waals surface area contributed by atoms with E-state index in [-0.39, 0.29) is 6.04 Å². The summed E-state index contributed by atoms with van der Waals surface area (Å²) in [5.74, 6) is 1.47. The number of anilines is 1. The molecule has 0 saturated carbocycles. The standard InChI is InChI=1S/C11H18N4O2S/c1-8-12-9(7-11(13-8)14(2)3)10-5-6-15(10)18(4,16)17/h7,10H,5-6H2,1-4H3/t10-/m1/s1. The van der Waals surface area contributed by atoms with E-state index in [0.717, 1.165) is 17.9 Å². The summed E-state index contributed by atoms with van der Waals surface area (Å²) in [6.45, 7) is 2.39. The first kappa shape index (κ1) is 13.2. The molecule has 1 aliphatic rings. The minimum atomic E-state index is -3.15. The summed E-state index contributed by atoms with van der Waals surface area (Å²) in [7, 11) is 0.657. The molecule has 7 heteroatoms. The van der Waals surface area contributed by atoms with Crippen LogP contribution in [-0.4, -0.2) is 49.6 Å². The summed E-state index contributed by atoms with van der Waals surface area (Å²) >= 11 is 0. The van der Waals surface area contributed by atoms with Gasteiger partial charge in [-0.1, -0.05) is 0 Å². The highest BCUT2D eigenvalue weighted by atomic mass is 32.2. The van der Waals surface area contributed by atoms with Crippen LogP contribution >= 0.6 is 0 Å². The van der Waals surface area contributed by atoms with E-state index in [1.165, 1.54) is 10.6 Å². The molecule has 0 amide bonds. The summed E-state index contributed by atoms with van der Waals surface area (Å²) in [6, 6.07) is 1.72. The highest BCUT2D eigenvalue weighted by Gasteiger charge is 2.37. The highest BCUT2D eigenvalue weighted by Crippen LogP contribution is 2.35. The molecule has 18 heavy (non-hydrogen) atoms. The van der Waals surface area contributed by atoms with E-state index in [9.17, 15) is 8.42 Å². The zero-order valence-electron chi connectivity index (χ0n) is 11.1. The lowest BCUT2D eigenvalue weighted by atomic mass is 10.0. The lowest BCUT2D eigenvalue weighted by Crippen LogP contribution is -2.44. The van der Waals surface area contributed by atoms with Gasteiger partial charge in [-0.2, -0.15) is 4.31 Å². The third kappa shape index (κ3) is 2.46. The molecular weight excluding hydrogens is 252 g/mol. The van der Waals surface area contributed by atoms with Crippen LogP contribution in [0.1, 0.15) is 24.0 Å². The van der Waals surface area contributed by atoms with E-state index < -0.39 is 10.0 Å². The van der Waals surface area contributed by atoms with Crippen LogP contribution in [0, 0.1) is 6.92 Å². The van der Waals surface area contributed by atoms with Crippen molar-refractivity contribution in [3.8, 4) is 0 Å². The number of rotatable bonds is 3. The first-order valence-corrected chi connectivity index (χ1v) is 7.63. The summed E-state index contributed by atoms with van der Waals surface area (Å²) in [6.07, 6.45) is 2.05. The van der Waals surface area contributed by atoms with Gasteiger partial charge in [0.05, 0.1) is 18.0 Å². The second kappa shape index (κ2) is 4.47. The molecular formula is C11H18N4O2S. The lowest BCUT2D eigenvalue weighted by Gasteiger charge is -2.38. The summed E-state index contributed by atoms with van der Waals surface area (Å²) in [5.41, 5.74) is 0.780. The smallest absolute Gasteiger partial charge is 0.211 e. The average Bonchev–Trinajstić information content (AvgIpc) is 2.11. The van der Waals surface area contributed by atoms with Crippen molar-refractivity contribution >= 4 is 15.8 Å². The topological polar surface area (TPSA) is 66.4 Å². The SMILES string of the molecule is Cc1nc([C@H]2CCN2S(C)(=O)=O)cc(N(C)C)n1. The zero-order chi connectivity index (χ0) is 13.5. The van der Waals surface area contributed by atoms with Crippen molar-refractivity contribution in [3.63, 3.8) is 0 Å². The Kier molecular flexibility index (Phi) is 3.29. The van der Waals surface area contributed by atoms with Gasteiger partial charge in [0.2, 0.25) is 10.0 Å². The van der Waals surface area contributed by atoms with Gasteiger partial charge >= 0.3 is 0 Å². The fraction of sp³-hybridized carbons (Fsp3) is 0.636. The molecule has 0 aliphatic carbocycles. The molecule has 0 radical (unpaired) electrons. The third-order valence-electron chi connectivity index (χ3n) is 3.04. The van der Waals surface area contributed by atoms with Gasteiger partial charge in [0, 0.05) is 26.7 Å². The molecule has 1 saturated heterocycles. The van der Waals surface area contributed by atoms with E-state index in [1.54, 1.807) is 0 Å². The zero-order valence-corrected chi connectivity index (χ0v) is 11.9. The molecule has 6 nitrogen and oxygen atoms in total. The molecule has 0 bridgehead atoms. The van der Waals surface area contributed by atoms with Crippen LogP contribution in [0.15, 0.2) is 6.07 Å². The molecule has 1 fully saturated rings. The van der Waals surface area contributed by atoms with Gasteiger partial charge < -0.3 is 4.90 Å². The number of aryl methyl sites for hydroxylation is 1. The summed E-state index contributed by atoms with van der Waals surface area (Å²) in [4.78, 5) is 10.6. The molecule has 0 N–H and O–H groups in total. The summed E-state index contributed by atoms with van der Waals surface area (Å²) in [5, 5.41) is 0. The van der Waals surface area contributed by atoms with E-state index in [2.05, 4.69) is 9.97 Å². The van der Waals surface area contributed by atoms with Crippen molar-refractivity contribution in [3.05, 3.63) is 17.6 Å². The Bertz CT molecular complexity index is 556. The Hall–Kier alpha value is -1.21. The number of sulfonamides is 1. The lowest BCUT2D eigenvalue weighted by molar-refractivity contribution is 0.198. The predicted octanol–water partition coefficient (Wildman–Crippen LogP) is 0.557. The minimum Gasteiger partial charge on any atom is -0.363 e. The van der Waals surface area contributed by atoms with Crippen LogP contribution in [0.5, 0.6) is 0 Å². The molecule has 0 spiro atoms. The van der Waals surface area contributed by atoms with Crippen molar-refractivity contribution in [1.82, 2.24) is 14.3 Å². The van der Waals surface area contributed by atoms with Crippen molar-refractivity contribution < 1.29 is 8.42 Å². The molecule has 100 valence electrons. The van der Waals surface area contributed by atoms with Crippen molar-refractivity contribution in [2.24, 2.45) is 0 Å². The minimum absolute atomic E-state index is 0.139. The maximum Gasteiger partial charge on any atom is 0.211 e. The van der Waals surface area contributed by atoms with E-state index in [0.29, 0.717) is 12.4 Å². The highest BCUT2D eigenvalue weighted by molar-refractivity contribution is 7.88. The molecule has 0 aromatic carbocycles. The van der Waals surface area contributed by atoms with Crippen molar-refractivity contribution in [1.29, 1.82) is 0 Å². The van der Waals surface area contributed by atoms with Crippen LogP contribution in [0.25, 0.3) is 0 Å². The van der Waals surface area contributed by atoms with Gasteiger partial charge in [-0.25, -0.2) is 18.4 Å². The van der Waals surface area contributed by atoms with Crippen LogP contribution in [0.4, 0.5) is 5.82 Å². The second-order valence-electron chi connectivity index (χ2n) is 4.77. The maximum atomic E-state index is 11.6. The molecule has 1 aromatic rings. The van der Waals surface area contributed by atoms with Crippen LogP contribution in [-0.2, 0) is 10.0 Å². The predicted molar refractivity (Wildman–Crippen MR) is 70.0 cm³/mol. The third-order valence-corrected chi connectivity index (χ3v) is 4.33. The fourth-order valence-corrected chi connectivity index (χ4v) is 3.14. The first-order chi connectivity index (χ1) is 8.29. The molecule has 2 rings (SSSR count). The van der Waals surface area contributed by atoms with Crippen molar-refractivity contribution in [2.45, 2.75) is 19.4 Å². The fourth-order valence-electron chi connectivity index (χ4n) is 2.03. The Balaban J connectivity index is 2.35. The first-order valence-electron chi connectivity index (χ1n) is 5.79. The van der Waals surface area contributed by atoms with E-state index in [4.69, 9.17) is 0 Å². The molecule has 1 aliphatic heterocycles. The monoisotopic (exact) mass is 270 g/mol. The van der Waals surface area contributed by atoms with Gasteiger partial charge in [0.1, 0.15) is 11.6 Å². The van der Waals surface area contributed by atoms with Crippen LogP contribution < -0.4 is 4.90 Å². The summed E-state index contributed by atoms with van der Waals surface area (Å²) < 4.78 is 24.6. The Morgan fingerprint density at radius 2 is 2.06 bits per heavy atom. The number of hydrogen-bond donors (Lipinski definition) is 0.